The number of likely N-dealkylation sites (tertiary alicyclic amines) is 2. The van der Waals surface area contributed by atoms with Crippen molar-refractivity contribution in [2.75, 3.05) is 117 Å². The Labute approximate surface area is 548 Å². The number of carboxylic acid groups (broad SMARTS) is 1. The molecule has 7 aliphatic rings. The van der Waals surface area contributed by atoms with Gasteiger partial charge in [0.05, 0.1) is 65.9 Å². The van der Waals surface area contributed by atoms with Gasteiger partial charge in [-0.05, 0) is 131 Å². The number of hydrogen-bond donors (Lipinski definition) is 3. The van der Waals surface area contributed by atoms with E-state index in [-0.39, 0.29) is 30.5 Å². The number of fused-ring (bicyclic) bond motifs is 7. The van der Waals surface area contributed by atoms with E-state index in [1.807, 2.05) is 13.0 Å². The fourth-order valence-electron chi connectivity index (χ4n) is 13.1. The fourth-order valence-corrected chi connectivity index (χ4v) is 13.1. The number of hydrogen-bond acceptors (Lipinski definition) is 18. The van der Waals surface area contributed by atoms with Crippen molar-refractivity contribution in [3.05, 3.63) is 127 Å². The number of pyridine rings is 2. The molecule has 94 heavy (non-hydrogen) atoms. The van der Waals surface area contributed by atoms with Crippen LogP contribution in [0.3, 0.4) is 0 Å². The second-order valence-corrected chi connectivity index (χ2v) is 24.7. The Morgan fingerprint density at radius 2 is 1.60 bits per heavy atom. The summed E-state index contributed by atoms with van der Waals surface area (Å²) in [5.74, 6) is -0.628. The number of aryl methyl sites for hydroxylation is 2. The zero-order chi connectivity index (χ0) is 67.9. The van der Waals surface area contributed by atoms with Crippen molar-refractivity contribution >= 4 is 63.8 Å². The van der Waals surface area contributed by atoms with Crippen LogP contribution in [0.1, 0.15) is 115 Å². The number of anilines is 2. The van der Waals surface area contributed by atoms with E-state index in [9.17, 15) is 38.3 Å². The van der Waals surface area contributed by atoms with Crippen molar-refractivity contribution in [3.8, 4) is 23.5 Å². The van der Waals surface area contributed by atoms with Gasteiger partial charge in [0, 0.05) is 119 Å². The largest absolute Gasteiger partial charge is 0.465 e. The number of nitriles is 1. The summed E-state index contributed by atoms with van der Waals surface area (Å²) >= 11 is 0. The van der Waals surface area contributed by atoms with Crippen LogP contribution in [-0.2, 0) is 61.2 Å². The molecular weight excluding hydrogens is 1200 g/mol. The molecule has 13 rings (SSSR count). The first-order chi connectivity index (χ1) is 45.2. The summed E-state index contributed by atoms with van der Waals surface area (Å²) < 4.78 is 32.6. The lowest BCUT2D eigenvalue weighted by molar-refractivity contribution is -0.148. The normalized spacial score (nSPS) is 18.2. The highest BCUT2D eigenvalue weighted by molar-refractivity contribution is 5.97. The number of carbonyl (C=O) groups is 5. The summed E-state index contributed by atoms with van der Waals surface area (Å²) in [6, 6.07) is 18.8. The topological polar surface area (TPSA) is 269 Å². The van der Waals surface area contributed by atoms with Crippen LogP contribution in [-0.4, -0.2) is 194 Å². The quantitative estimate of drug-likeness (QED) is 0.0603. The van der Waals surface area contributed by atoms with Crippen LogP contribution in [0.15, 0.2) is 65.5 Å². The molecule has 0 saturated carbocycles. The average molecular weight is 1290 g/mol. The second-order valence-electron chi connectivity index (χ2n) is 24.7. The summed E-state index contributed by atoms with van der Waals surface area (Å²) in [5.41, 5.74) is 11.0. The van der Waals surface area contributed by atoms with Gasteiger partial charge >= 0.3 is 18.1 Å². The number of nitrogens with zero attached hydrogens (tertiary/aromatic N) is 11. The molecule has 3 aromatic heterocycles. The van der Waals surface area contributed by atoms with Crippen molar-refractivity contribution in [1.29, 1.82) is 5.26 Å². The number of esters is 1. The van der Waals surface area contributed by atoms with Crippen LogP contribution < -0.4 is 25.4 Å². The fraction of sp³-hybridized carbons (Fsp3) is 0.486. The van der Waals surface area contributed by atoms with Crippen LogP contribution in [0, 0.1) is 31.0 Å². The third-order valence-corrected chi connectivity index (χ3v) is 18.2. The molecule has 6 aliphatic heterocycles. The smallest absolute Gasteiger partial charge is 0.406 e. The number of cyclic esters (lactones) is 1. The molecule has 24 heteroatoms. The molecule has 1 aliphatic carbocycles. The summed E-state index contributed by atoms with van der Waals surface area (Å²) in [6.07, 6.45) is 8.05. The number of halogens is 1. The van der Waals surface area contributed by atoms with Crippen molar-refractivity contribution in [2.45, 2.75) is 117 Å². The van der Waals surface area contributed by atoms with Crippen molar-refractivity contribution in [3.63, 3.8) is 0 Å². The highest BCUT2D eigenvalue weighted by Crippen LogP contribution is 2.46. The summed E-state index contributed by atoms with van der Waals surface area (Å²) in [6.45, 7) is 20.1. The second kappa shape index (κ2) is 32.8. The molecule has 6 aromatic rings. The molecule has 0 radical (unpaired) electrons. The van der Waals surface area contributed by atoms with Crippen molar-refractivity contribution in [1.82, 2.24) is 44.4 Å². The number of methoxy groups -OCH3 is 1. The van der Waals surface area contributed by atoms with Gasteiger partial charge in [-0.25, -0.2) is 14.2 Å². The predicted molar refractivity (Wildman–Crippen MR) is 358 cm³/mol. The first-order valence-electron chi connectivity index (χ1n) is 32.1. The number of aliphatic hydroxyl groups excluding tert-OH is 1. The first-order valence-corrected chi connectivity index (χ1v) is 32.1. The summed E-state index contributed by atoms with van der Waals surface area (Å²) in [7, 11) is 8.86. The van der Waals surface area contributed by atoms with Crippen LogP contribution in [0.2, 0.25) is 0 Å². The van der Waals surface area contributed by atoms with Gasteiger partial charge in [-0.2, -0.15) is 15.2 Å². The molecule has 0 bridgehead atoms. The lowest BCUT2D eigenvalue weighted by Gasteiger charge is -2.37. The first kappa shape index (κ1) is 71.0. The molecule has 0 spiro atoms. The number of amides is 3. The van der Waals surface area contributed by atoms with Gasteiger partial charge in [-0.1, -0.05) is 43.8 Å². The zero-order valence-corrected chi connectivity index (χ0v) is 55.6. The van der Waals surface area contributed by atoms with Crippen LogP contribution in [0.4, 0.5) is 20.7 Å². The van der Waals surface area contributed by atoms with Crippen LogP contribution in [0.5, 0.6) is 6.01 Å². The van der Waals surface area contributed by atoms with E-state index >= 15 is 0 Å². The SMILES string of the molecule is C=C(C=O)COC.CC#N.CCC1C(=O)OCc2c1cc1n(c2=O)Cc2c-1nc1cc(F)c(C)c3c1c2C(NC(=O)CO)CC3.CN(C)C(=O)O.Cc1cccc2cccc(N3CCc4c(nc(OCC5CCCN5C)nc4N4CCN(C)CC4)C3)c12.O=CN1CCCC1. The van der Waals surface area contributed by atoms with E-state index in [0.717, 1.165) is 110 Å². The molecule has 9 heterocycles. The average Bonchev–Trinajstić information content (AvgIpc) is 1.50. The number of carbonyl (C=O) groups excluding carboxylic acids is 4. The number of aromatic nitrogens is 4. The number of benzene rings is 3. The Kier molecular flexibility index (Phi) is 24.8. The Bertz CT molecular complexity index is 3850. The van der Waals surface area contributed by atoms with Gasteiger partial charge in [0.25, 0.3) is 5.56 Å². The van der Waals surface area contributed by atoms with Gasteiger partial charge in [0.2, 0.25) is 12.3 Å². The number of aldehydes is 1. The van der Waals surface area contributed by atoms with Gasteiger partial charge in [0.1, 0.15) is 37.7 Å². The third kappa shape index (κ3) is 16.4. The predicted octanol–water partition coefficient (Wildman–Crippen LogP) is 7.63. The maximum Gasteiger partial charge on any atom is 0.406 e. The molecular formula is C70H89FN12O11. The lowest BCUT2D eigenvalue weighted by atomic mass is 9.81. The molecule has 3 N–H and O–H groups in total. The number of rotatable bonds is 12. The molecule has 3 amide bonds. The molecule has 502 valence electrons. The van der Waals surface area contributed by atoms with Gasteiger partial charge in [0.15, 0.2) is 0 Å². The van der Waals surface area contributed by atoms with E-state index in [1.54, 1.807) is 22.5 Å². The standard InChI is InChI=1S/C29H38N6O.C26H24FN3O5.C5H9NO.C5H8O2.C3H7NO2.C2H3N/c1-21-7-4-8-22-9-5-11-26(27(21)22)35-14-12-24-25(19-35)30-29(36-20-23-10-6-13-33(23)3)31-28(24)34-17-15-32(2)16-18-34;1-3-12-14-6-20-24-15(8-30(20)25(33)16(14)10-35-26(12)34)23-18(28-21(32)9-31)5-4-13-11(2)17(27)7-19(29-24)22(13)23;7-5-6-3-1-2-4-6;1-5(3-6)4-7-2;1-4(2)3(5)6;1-2-3/h4-5,7-9,11,23H,6,10,12-20H2,1-3H3;6-7,12,18,31H,3-5,8-10H2,1-2H3,(H,28,32);5H,1-4H2;3H,1,4H2,2H3;1-2H3,(H,5,6);1H3. The number of aliphatic hydroxyl groups is 1. The zero-order valence-electron chi connectivity index (χ0n) is 55.6. The Morgan fingerprint density at radius 3 is 2.20 bits per heavy atom. The van der Waals surface area contributed by atoms with Crippen LogP contribution >= 0.6 is 0 Å². The van der Waals surface area contributed by atoms with Gasteiger partial charge in [-0.15, -0.1) is 0 Å². The van der Waals surface area contributed by atoms with Gasteiger partial charge < -0.3 is 63.7 Å². The maximum atomic E-state index is 14.8. The molecule has 3 atom stereocenters. The number of ether oxygens (including phenoxy) is 3. The third-order valence-electron chi connectivity index (χ3n) is 18.2. The highest BCUT2D eigenvalue weighted by Gasteiger charge is 2.38. The molecule has 3 unspecified atom stereocenters. The van der Waals surface area contributed by atoms with E-state index < -0.39 is 30.6 Å². The van der Waals surface area contributed by atoms with E-state index in [1.165, 1.54) is 87.5 Å². The Hall–Kier alpha value is -8.89. The molecule has 23 nitrogen and oxygen atoms in total. The monoisotopic (exact) mass is 1290 g/mol. The Morgan fingerprint density at radius 1 is 0.894 bits per heavy atom. The molecule has 3 saturated heterocycles. The number of likely N-dealkylation sites (N-methyl/N-ethyl adjacent to an activating group) is 2. The number of nitrogens with one attached hydrogen (secondary N) is 1. The molecule has 3 aromatic carbocycles. The molecule has 3 fully saturated rings. The minimum absolute atomic E-state index is 0.0634. The lowest BCUT2D eigenvalue weighted by Crippen LogP contribution is -2.46. The van der Waals surface area contributed by atoms with Crippen molar-refractivity contribution < 1.29 is 52.8 Å². The van der Waals surface area contributed by atoms with Crippen molar-refractivity contribution in [2.24, 2.45) is 0 Å². The van der Waals surface area contributed by atoms with Crippen LogP contribution in [0.25, 0.3) is 33.1 Å². The number of piperazine rings is 1. The summed E-state index contributed by atoms with van der Waals surface area (Å²) in [4.78, 5) is 94.8. The Balaban J connectivity index is 0.000000181. The van der Waals surface area contributed by atoms with E-state index in [2.05, 4.69) is 93.6 Å². The minimum Gasteiger partial charge on any atom is -0.465 e. The highest BCUT2D eigenvalue weighted by atomic mass is 19.1. The minimum atomic E-state index is -0.907. The van der Waals surface area contributed by atoms with E-state index in [4.69, 9.17) is 34.8 Å². The maximum absolute atomic E-state index is 14.8. The van der Waals surface area contributed by atoms with E-state index in [0.29, 0.717) is 90.0 Å². The summed E-state index contributed by atoms with van der Waals surface area (Å²) in [5, 5.41) is 30.9. The van der Waals surface area contributed by atoms with Gasteiger partial charge in [-0.3, -0.25) is 24.0 Å².